The summed E-state index contributed by atoms with van der Waals surface area (Å²) in [5.41, 5.74) is -0.351. The third kappa shape index (κ3) is 1.75. The van der Waals surface area contributed by atoms with E-state index in [1.807, 2.05) is 0 Å². The smallest absolute Gasteiger partial charge is 0.413 e. The molecule has 86 valence electrons. The summed E-state index contributed by atoms with van der Waals surface area (Å²) in [4.78, 5) is 15.4. The van der Waals surface area contributed by atoms with Gasteiger partial charge in [0.2, 0.25) is 0 Å². The van der Waals surface area contributed by atoms with E-state index in [0.29, 0.717) is 4.47 Å². The van der Waals surface area contributed by atoms with Crippen LogP contribution in [-0.4, -0.2) is 22.7 Å². The second kappa shape index (κ2) is 3.65. The lowest BCUT2D eigenvalue weighted by Crippen LogP contribution is -2.40. The molecule has 1 aliphatic rings. The number of hydrogen-bond donors (Lipinski definition) is 1. The summed E-state index contributed by atoms with van der Waals surface area (Å²) in [6.45, 7) is -0.246. The minimum atomic E-state index is -3.03. The molecule has 0 spiro atoms. The summed E-state index contributed by atoms with van der Waals surface area (Å²) in [5, 5.41) is 8.85. The maximum absolute atomic E-state index is 13.5. The third-order valence-corrected chi connectivity index (χ3v) is 2.80. The van der Waals surface area contributed by atoms with Crippen LogP contribution in [0.15, 0.2) is 16.7 Å². The number of fused-ring (bicyclic) bond motifs is 1. The molecule has 0 saturated carbocycles. The molecule has 0 aromatic carbocycles. The molecule has 1 amide bonds. The molecule has 0 bridgehead atoms. The van der Waals surface area contributed by atoms with Gasteiger partial charge in [-0.05, 0) is 22.0 Å². The van der Waals surface area contributed by atoms with Gasteiger partial charge in [0, 0.05) is 23.6 Å². The second-order valence-electron chi connectivity index (χ2n) is 3.41. The summed E-state index contributed by atoms with van der Waals surface area (Å²) < 4.78 is 27.5. The van der Waals surface area contributed by atoms with E-state index >= 15 is 0 Å². The van der Waals surface area contributed by atoms with Crippen LogP contribution in [0.3, 0.4) is 0 Å². The number of pyridine rings is 1. The lowest BCUT2D eigenvalue weighted by molar-refractivity contribution is -0.0152. The van der Waals surface area contributed by atoms with Gasteiger partial charge in [0.1, 0.15) is 5.82 Å². The molecule has 1 N–H and O–H groups in total. The highest BCUT2D eigenvalue weighted by Gasteiger charge is 2.42. The van der Waals surface area contributed by atoms with Crippen LogP contribution in [0.5, 0.6) is 0 Å². The van der Waals surface area contributed by atoms with Gasteiger partial charge in [-0.25, -0.2) is 18.6 Å². The Morgan fingerprint density at radius 2 is 2.31 bits per heavy atom. The Morgan fingerprint density at radius 1 is 1.62 bits per heavy atom. The first-order valence-corrected chi connectivity index (χ1v) is 5.25. The van der Waals surface area contributed by atoms with E-state index in [4.69, 9.17) is 5.11 Å². The van der Waals surface area contributed by atoms with Gasteiger partial charge < -0.3 is 5.11 Å². The van der Waals surface area contributed by atoms with Gasteiger partial charge in [-0.1, -0.05) is 0 Å². The maximum atomic E-state index is 13.5. The Kier molecular flexibility index (Phi) is 2.57. The third-order valence-electron chi connectivity index (χ3n) is 2.36. The Labute approximate surface area is 98.0 Å². The van der Waals surface area contributed by atoms with E-state index < -0.39 is 18.4 Å². The Balaban J connectivity index is 2.57. The van der Waals surface area contributed by atoms with E-state index in [9.17, 15) is 13.6 Å². The van der Waals surface area contributed by atoms with Crippen LogP contribution >= 0.6 is 15.9 Å². The molecule has 7 heteroatoms. The topological polar surface area (TPSA) is 53.4 Å². The van der Waals surface area contributed by atoms with Gasteiger partial charge >= 0.3 is 6.09 Å². The van der Waals surface area contributed by atoms with Gasteiger partial charge in [0.25, 0.3) is 5.92 Å². The Hall–Kier alpha value is -1.24. The highest BCUT2D eigenvalue weighted by Crippen LogP contribution is 2.42. The zero-order valence-electron chi connectivity index (χ0n) is 7.95. The molecule has 0 saturated heterocycles. The first kappa shape index (κ1) is 11.3. The molecule has 0 radical (unpaired) electrons. The molecule has 1 aliphatic heterocycles. The number of hydrogen-bond acceptors (Lipinski definition) is 2. The van der Waals surface area contributed by atoms with Gasteiger partial charge in [-0.3, -0.25) is 4.90 Å². The fourth-order valence-electron chi connectivity index (χ4n) is 1.60. The minimum absolute atomic E-state index is 0.188. The number of anilines is 1. The number of halogens is 3. The van der Waals surface area contributed by atoms with Crippen molar-refractivity contribution in [1.29, 1.82) is 0 Å². The number of rotatable bonds is 0. The summed E-state index contributed by atoms with van der Waals surface area (Å²) in [5.74, 6) is -3.22. The van der Waals surface area contributed by atoms with Crippen molar-refractivity contribution in [2.75, 3.05) is 11.4 Å². The van der Waals surface area contributed by atoms with E-state index in [2.05, 4.69) is 20.9 Å². The standard InChI is InChI=1S/C9H7BrF2N2O2/c10-5-3-6-7(13-4-5)14(8(15)16)2-1-9(6,11)12/h3-4H,1-2H2,(H,15,16). The van der Waals surface area contributed by atoms with E-state index in [1.165, 1.54) is 12.3 Å². The van der Waals surface area contributed by atoms with Crippen LogP contribution in [0.2, 0.25) is 0 Å². The molecule has 0 atom stereocenters. The van der Waals surface area contributed by atoms with Crippen molar-refractivity contribution in [2.45, 2.75) is 12.3 Å². The van der Waals surface area contributed by atoms with Crippen LogP contribution in [0.1, 0.15) is 12.0 Å². The average Bonchev–Trinajstić information content (AvgIpc) is 2.18. The molecular weight excluding hydrogens is 286 g/mol. The number of alkyl halides is 2. The summed E-state index contributed by atoms with van der Waals surface area (Å²) >= 11 is 3.04. The number of carboxylic acid groups (broad SMARTS) is 1. The van der Waals surface area contributed by atoms with Crippen molar-refractivity contribution in [3.63, 3.8) is 0 Å². The van der Waals surface area contributed by atoms with Crippen LogP contribution < -0.4 is 4.90 Å². The lowest BCUT2D eigenvalue weighted by atomic mass is 10.0. The normalized spacial score (nSPS) is 18.1. The van der Waals surface area contributed by atoms with Crippen molar-refractivity contribution in [2.24, 2.45) is 0 Å². The summed E-state index contributed by atoms with van der Waals surface area (Å²) in [6.07, 6.45) is -0.493. The fourth-order valence-corrected chi connectivity index (χ4v) is 1.93. The van der Waals surface area contributed by atoms with Gasteiger partial charge in [0.15, 0.2) is 0 Å². The van der Waals surface area contributed by atoms with Crippen molar-refractivity contribution in [3.05, 3.63) is 22.3 Å². The van der Waals surface area contributed by atoms with E-state index in [1.54, 1.807) is 0 Å². The quantitative estimate of drug-likeness (QED) is 0.800. The van der Waals surface area contributed by atoms with Crippen LogP contribution in [0.4, 0.5) is 19.4 Å². The first-order chi connectivity index (χ1) is 7.42. The summed E-state index contributed by atoms with van der Waals surface area (Å²) in [6, 6.07) is 1.21. The molecule has 0 aliphatic carbocycles. The first-order valence-electron chi connectivity index (χ1n) is 4.46. The SMILES string of the molecule is O=C(O)N1CCC(F)(F)c2cc(Br)cnc21. The second-order valence-corrected chi connectivity index (χ2v) is 4.33. The van der Waals surface area contributed by atoms with Crippen LogP contribution in [-0.2, 0) is 5.92 Å². The van der Waals surface area contributed by atoms with Crippen molar-refractivity contribution >= 4 is 27.8 Å². The Morgan fingerprint density at radius 3 is 2.94 bits per heavy atom. The van der Waals surface area contributed by atoms with Crippen LogP contribution in [0.25, 0.3) is 0 Å². The molecular formula is C9H7BrF2N2O2. The molecule has 0 unspecified atom stereocenters. The zero-order chi connectivity index (χ0) is 11.9. The highest BCUT2D eigenvalue weighted by molar-refractivity contribution is 9.10. The molecule has 2 rings (SSSR count). The molecule has 4 nitrogen and oxygen atoms in total. The monoisotopic (exact) mass is 292 g/mol. The lowest BCUT2D eigenvalue weighted by Gasteiger charge is -2.31. The largest absolute Gasteiger partial charge is 0.465 e. The summed E-state index contributed by atoms with van der Waals surface area (Å²) in [7, 11) is 0. The molecule has 16 heavy (non-hydrogen) atoms. The Bertz CT molecular complexity index is 453. The van der Waals surface area contributed by atoms with Gasteiger partial charge in [0.05, 0.1) is 5.56 Å². The fraction of sp³-hybridized carbons (Fsp3) is 0.333. The molecule has 0 fully saturated rings. The number of carbonyl (C=O) groups is 1. The predicted octanol–water partition coefficient (Wildman–Crippen LogP) is 2.82. The minimum Gasteiger partial charge on any atom is -0.465 e. The van der Waals surface area contributed by atoms with Crippen molar-refractivity contribution < 1.29 is 18.7 Å². The van der Waals surface area contributed by atoms with E-state index in [0.717, 1.165) is 4.90 Å². The van der Waals surface area contributed by atoms with Crippen LogP contribution in [0, 0.1) is 0 Å². The molecule has 1 aromatic heterocycles. The number of amides is 1. The van der Waals surface area contributed by atoms with Gasteiger partial charge in [-0.2, -0.15) is 0 Å². The highest BCUT2D eigenvalue weighted by atomic mass is 79.9. The van der Waals surface area contributed by atoms with Crippen molar-refractivity contribution in [1.82, 2.24) is 4.98 Å². The van der Waals surface area contributed by atoms with Crippen molar-refractivity contribution in [3.8, 4) is 0 Å². The maximum Gasteiger partial charge on any atom is 0.413 e. The van der Waals surface area contributed by atoms with Gasteiger partial charge in [-0.15, -0.1) is 0 Å². The predicted molar refractivity (Wildman–Crippen MR) is 55.8 cm³/mol. The van der Waals surface area contributed by atoms with E-state index in [-0.39, 0.29) is 17.9 Å². The number of nitrogens with zero attached hydrogens (tertiary/aromatic N) is 2. The molecule has 2 heterocycles. The molecule has 1 aromatic rings. The zero-order valence-corrected chi connectivity index (χ0v) is 9.54. The number of aromatic nitrogens is 1. The average molecular weight is 293 g/mol.